The molecule has 21 heavy (non-hydrogen) atoms. The Balaban J connectivity index is 2.13. The lowest BCUT2D eigenvalue weighted by atomic mass is 10.2. The molecular weight excluding hydrogens is 262 g/mol. The van der Waals surface area contributed by atoms with Gasteiger partial charge in [-0.25, -0.2) is 0 Å². The summed E-state index contributed by atoms with van der Waals surface area (Å²) in [5.74, 6) is -0.110. The largest absolute Gasteiger partial charge is 0.370 e. The zero-order valence-electron chi connectivity index (χ0n) is 11.7. The third kappa shape index (κ3) is 4.65. The Hall–Kier alpha value is -2.82. The number of nitrogens with zero attached hydrogens (tertiary/aromatic N) is 1. The van der Waals surface area contributed by atoms with E-state index in [4.69, 9.17) is 16.6 Å². The summed E-state index contributed by atoms with van der Waals surface area (Å²) in [6.07, 6.45) is 0. The molecule has 0 aliphatic rings. The summed E-state index contributed by atoms with van der Waals surface area (Å²) in [4.78, 5) is 1.84. The van der Waals surface area contributed by atoms with Crippen LogP contribution in [-0.4, -0.2) is 16.8 Å². The summed E-state index contributed by atoms with van der Waals surface area (Å²) in [5, 5.41) is 17.9. The fourth-order valence-electron chi connectivity index (χ4n) is 2.03. The van der Waals surface area contributed by atoms with Crippen molar-refractivity contribution in [1.82, 2.24) is 10.2 Å². The maximum atomic E-state index is 8.07. The van der Waals surface area contributed by atoms with Crippen molar-refractivity contribution < 1.29 is 0 Å². The minimum absolute atomic E-state index is 0.121. The first-order chi connectivity index (χ1) is 10.1. The molecule has 0 fully saturated rings. The average Bonchev–Trinajstić information content (AvgIpc) is 2.48. The van der Waals surface area contributed by atoms with E-state index in [0.717, 1.165) is 11.1 Å². The molecule has 0 unspecified atom stereocenters. The summed E-state index contributed by atoms with van der Waals surface area (Å²) >= 11 is 0. The zero-order chi connectivity index (χ0) is 15.1. The van der Waals surface area contributed by atoms with Gasteiger partial charge in [-0.1, -0.05) is 60.7 Å². The molecule has 0 spiro atoms. The van der Waals surface area contributed by atoms with E-state index in [-0.39, 0.29) is 11.9 Å². The van der Waals surface area contributed by atoms with Crippen LogP contribution < -0.4 is 11.1 Å². The van der Waals surface area contributed by atoms with E-state index in [9.17, 15) is 0 Å². The highest BCUT2D eigenvalue weighted by molar-refractivity contribution is 5.94. The summed E-state index contributed by atoms with van der Waals surface area (Å²) in [7, 11) is 0. The van der Waals surface area contributed by atoms with Crippen LogP contribution in [-0.2, 0) is 13.1 Å². The molecule has 2 aromatic rings. The van der Waals surface area contributed by atoms with E-state index in [2.05, 4.69) is 5.32 Å². The summed E-state index contributed by atoms with van der Waals surface area (Å²) in [6.45, 7) is 1.16. The first-order valence-electron chi connectivity index (χ1n) is 6.67. The van der Waals surface area contributed by atoms with Gasteiger partial charge in [-0.15, -0.1) is 0 Å². The molecule has 0 saturated carbocycles. The van der Waals surface area contributed by atoms with Gasteiger partial charge < -0.3 is 10.6 Å². The molecule has 2 rings (SSSR count). The monoisotopic (exact) mass is 281 g/mol. The van der Waals surface area contributed by atoms with Gasteiger partial charge in [0.1, 0.15) is 0 Å². The van der Waals surface area contributed by atoms with Gasteiger partial charge in [0, 0.05) is 13.1 Å². The summed E-state index contributed by atoms with van der Waals surface area (Å²) < 4.78 is 0. The number of hydrogen-bond acceptors (Lipinski definition) is 2. The van der Waals surface area contributed by atoms with Crippen LogP contribution in [0.25, 0.3) is 0 Å². The molecule has 0 radical (unpaired) electrons. The van der Waals surface area contributed by atoms with Crippen LogP contribution in [0.3, 0.4) is 0 Å². The molecule has 0 aromatic heterocycles. The Labute approximate surface area is 124 Å². The minimum Gasteiger partial charge on any atom is -0.370 e. The van der Waals surface area contributed by atoms with Crippen molar-refractivity contribution in [2.75, 3.05) is 0 Å². The first kappa shape index (κ1) is 14.6. The second kappa shape index (κ2) is 7.09. The highest BCUT2D eigenvalue weighted by Crippen LogP contribution is 2.09. The highest BCUT2D eigenvalue weighted by atomic mass is 15.3. The molecule has 0 heterocycles. The maximum absolute atomic E-state index is 8.07. The van der Waals surface area contributed by atoms with Gasteiger partial charge >= 0.3 is 0 Å². The lowest BCUT2D eigenvalue weighted by Crippen LogP contribution is -2.45. The van der Waals surface area contributed by atoms with E-state index >= 15 is 0 Å². The molecule has 0 atom stereocenters. The van der Waals surface area contributed by atoms with Crippen LogP contribution in [0.5, 0.6) is 0 Å². The smallest absolute Gasteiger partial charge is 0.198 e. The van der Waals surface area contributed by atoms with Crippen LogP contribution >= 0.6 is 0 Å². The van der Waals surface area contributed by atoms with Crippen molar-refractivity contribution in [2.45, 2.75) is 13.1 Å². The van der Waals surface area contributed by atoms with Crippen molar-refractivity contribution in [3.05, 3.63) is 71.8 Å². The molecule has 5 N–H and O–H groups in total. The van der Waals surface area contributed by atoms with Crippen LogP contribution in [0.1, 0.15) is 11.1 Å². The molecular formula is C16H19N5. The zero-order valence-corrected chi connectivity index (χ0v) is 11.7. The number of guanidine groups is 2. The SMILES string of the molecule is N=C(N)NC(=N)N(Cc1ccccc1)Cc1ccccc1. The number of benzene rings is 2. The summed E-state index contributed by atoms with van der Waals surface area (Å²) in [5.41, 5.74) is 7.52. The molecule has 2 aromatic carbocycles. The van der Waals surface area contributed by atoms with E-state index in [0.29, 0.717) is 13.1 Å². The first-order valence-corrected chi connectivity index (χ1v) is 6.67. The Kier molecular flexibility index (Phi) is 4.93. The second-order valence-electron chi connectivity index (χ2n) is 4.71. The highest BCUT2D eigenvalue weighted by Gasteiger charge is 2.11. The molecule has 0 amide bonds. The topological polar surface area (TPSA) is 89.0 Å². The van der Waals surface area contributed by atoms with E-state index in [1.165, 1.54) is 0 Å². The average molecular weight is 281 g/mol. The van der Waals surface area contributed by atoms with Crippen LogP contribution in [0, 0.1) is 10.8 Å². The van der Waals surface area contributed by atoms with Crippen molar-refractivity contribution in [1.29, 1.82) is 10.8 Å². The van der Waals surface area contributed by atoms with Crippen molar-refractivity contribution in [3.8, 4) is 0 Å². The van der Waals surface area contributed by atoms with Gasteiger partial charge in [-0.3, -0.25) is 16.1 Å². The van der Waals surface area contributed by atoms with E-state index in [1.807, 2.05) is 65.6 Å². The Bertz CT molecular complexity index is 553. The van der Waals surface area contributed by atoms with Gasteiger partial charge in [0.15, 0.2) is 11.9 Å². The Morgan fingerprint density at radius 3 is 1.67 bits per heavy atom. The maximum Gasteiger partial charge on any atom is 0.198 e. The van der Waals surface area contributed by atoms with E-state index in [1.54, 1.807) is 0 Å². The lowest BCUT2D eigenvalue weighted by Gasteiger charge is -2.25. The van der Waals surface area contributed by atoms with Gasteiger partial charge in [0.05, 0.1) is 0 Å². The third-order valence-electron chi connectivity index (χ3n) is 3.00. The number of nitrogens with one attached hydrogen (secondary N) is 3. The minimum atomic E-state index is -0.230. The quantitative estimate of drug-likeness (QED) is 0.511. The molecule has 0 aliphatic heterocycles. The standard InChI is InChI=1S/C16H19N5/c17-15(18)20-16(19)21(11-13-7-3-1-4-8-13)12-14-9-5-2-6-10-14/h1-10H,11-12H2,(H5,17,18,19,20). The third-order valence-corrected chi connectivity index (χ3v) is 3.00. The molecule has 108 valence electrons. The number of hydrogen-bond donors (Lipinski definition) is 4. The normalized spacial score (nSPS) is 9.90. The number of nitrogens with two attached hydrogens (primary N) is 1. The van der Waals surface area contributed by atoms with Crippen molar-refractivity contribution in [3.63, 3.8) is 0 Å². The fraction of sp³-hybridized carbons (Fsp3) is 0.125. The molecule has 5 heteroatoms. The van der Waals surface area contributed by atoms with Gasteiger partial charge in [-0.05, 0) is 11.1 Å². The van der Waals surface area contributed by atoms with Crippen molar-refractivity contribution >= 4 is 11.9 Å². The van der Waals surface area contributed by atoms with Crippen LogP contribution in [0.2, 0.25) is 0 Å². The van der Waals surface area contributed by atoms with Gasteiger partial charge in [0.2, 0.25) is 0 Å². The van der Waals surface area contributed by atoms with Gasteiger partial charge in [0.25, 0.3) is 0 Å². The van der Waals surface area contributed by atoms with Gasteiger partial charge in [-0.2, -0.15) is 0 Å². The predicted octanol–water partition coefficient (Wildman–Crippen LogP) is 2.11. The van der Waals surface area contributed by atoms with Crippen LogP contribution in [0.15, 0.2) is 60.7 Å². The number of rotatable bonds is 4. The molecule has 0 aliphatic carbocycles. The lowest BCUT2D eigenvalue weighted by molar-refractivity contribution is 0.394. The fourth-order valence-corrected chi connectivity index (χ4v) is 2.03. The van der Waals surface area contributed by atoms with Crippen molar-refractivity contribution in [2.24, 2.45) is 5.73 Å². The Morgan fingerprint density at radius 2 is 1.29 bits per heavy atom. The molecule has 0 bridgehead atoms. The molecule has 0 saturated heterocycles. The molecule has 5 nitrogen and oxygen atoms in total. The Morgan fingerprint density at radius 1 is 0.857 bits per heavy atom. The predicted molar refractivity (Wildman–Crippen MR) is 84.9 cm³/mol. The van der Waals surface area contributed by atoms with Crippen LogP contribution in [0.4, 0.5) is 0 Å². The van der Waals surface area contributed by atoms with E-state index < -0.39 is 0 Å². The second-order valence-corrected chi connectivity index (χ2v) is 4.71. The summed E-state index contributed by atoms with van der Waals surface area (Å²) in [6, 6.07) is 19.9.